The molecule has 1 aliphatic carbocycles. The molecular weight excluding hydrogens is 344 g/mol. The van der Waals surface area contributed by atoms with E-state index in [0.717, 1.165) is 31.5 Å². The van der Waals surface area contributed by atoms with Gasteiger partial charge in [0.15, 0.2) is 5.69 Å². The van der Waals surface area contributed by atoms with Crippen molar-refractivity contribution in [2.75, 3.05) is 19.6 Å². The molecule has 1 saturated carbocycles. The minimum absolute atomic E-state index is 0.102. The Morgan fingerprint density at radius 3 is 2.89 bits per heavy atom. The number of aryl methyl sites for hydroxylation is 1. The van der Waals surface area contributed by atoms with Gasteiger partial charge in [0.25, 0.3) is 0 Å². The lowest BCUT2D eigenvalue weighted by atomic mass is 10.1. The number of amides is 3. The number of hydrogen-bond acceptors (Lipinski definition) is 4. The summed E-state index contributed by atoms with van der Waals surface area (Å²) < 4.78 is 1.82. The van der Waals surface area contributed by atoms with Crippen molar-refractivity contribution in [1.29, 1.82) is 5.26 Å². The van der Waals surface area contributed by atoms with Gasteiger partial charge in [-0.05, 0) is 25.3 Å². The molecule has 1 aromatic heterocycles. The maximum absolute atomic E-state index is 12.6. The SMILES string of the molecule is N#Cc1cc2n(n1)CCCN(C(=O)NC[C@H]1CC(=O)N(C3CCCC3)C1)C2. The summed E-state index contributed by atoms with van der Waals surface area (Å²) in [5.41, 5.74) is 1.28. The molecule has 1 saturated heterocycles. The van der Waals surface area contributed by atoms with Gasteiger partial charge in [-0.3, -0.25) is 9.48 Å². The Hall–Kier alpha value is -2.56. The van der Waals surface area contributed by atoms with Crippen molar-refractivity contribution in [3.05, 3.63) is 17.5 Å². The summed E-state index contributed by atoms with van der Waals surface area (Å²) in [6, 6.07) is 4.12. The molecule has 144 valence electrons. The van der Waals surface area contributed by atoms with Crippen LogP contribution in [0.3, 0.4) is 0 Å². The van der Waals surface area contributed by atoms with Crippen molar-refractivity contribution in [2.24, 2.45) is 5.92 Å². The Labute approximate surface area is 159 Å². The van der Waals surface area contributed by atoms with Crippen LogP contribution in [0.1, 0.15) is 49.9 Å². The van der Waals surface area contributed by atoms with E-state index in [1.54, 1.807) is 11.0 Å². The normalized spacial score (nSPS) is 23.2. The van der Waals surface area contributed by atoms with E-state index in [0.29, 0.717) is 44.3 Å². The van der Waals surface area contributed by atoms with Gasteiger partial charge >= 0.3 is 6.03 Å². The summed E-state index contributed by atoms with van der Waals surface area (Å²) in [6.07, 6.45) is 6.02. The van der Waals surface area contributed by atoms with Crippen molar-refractivity contribution >= 4 is 11.9 Å². The van der Waals surface area contributed by atoms with Gasteiger partial charge in [-0.1, -0.05) is 12.8 Å². The first-order chi connectivity index (χ1) is 13.1. The molecule has 1 aromatic rings. The van der Waals surface area contributed by atoms with E-state index < -0.39 is 0 Å². The van der Waals surface area contributed by atoms with E-state index in [4.69, 9.17) is 5.26 Å². The number of carbonyl (C=O) groups is 2. The van der Waals surface area contributed by atoms with Crippen LogP contribution < -0.4 is 5.32 Å². The number of fused-ring (bicyclic) bond motifs is 1. The van der Waals surface area contributed by atoms with Gasteiger partial charge in [-0.2, -0.15) is 10.4 Å². The molecule has 0 radical (unpaired) electrons. The number of likely N-dealkylation sites (tertiary alicyclic amines) is 1. The topological polar surface area (TPSA) is 94.3 Å². The Bertz CT molecular complexity index is 761. The fraction of sp³-hybridized carbons (Fsp3) is 0.684. The van der Waals surface area contributed by atoms with Crippen LogP contribution in [-0.2, 0) is 17.9 Å². The number of aromatic nitrogens is 2. The number of rotatable bonds is 3. The van der Waals surface area contributed by atoms with Gasteiger partial charge in [-0.15, -0.1) is 0 Å². The monoisotopic (exact) mass is 370 g/mol. The number of urea groups is 1. The van der Waals surface area contributed by atoms with Crippen molar-refractivity contribution < 1.29 is 9.59 Å². The zero-order valence-electron chi connectivity index (χ0n) is 15.6. The van der Waals surface area contributed by atoms with Crippen LogP contribution in [0.25, 0.3) is 0 Å². The number of nitrogens with one attached hydrogen (secondary N) is 1. The average molecular weight is 370 g/mol. The minimum atomic E-state index is -0.102. The summed E-state index contributed by atoms with van der Waals surface area (Å²) in [5.74, 6) is 0.439. The zero-order chi connectivity index (χ0) is 18.8. The molecule has 4 rings (SSSR count). The highest BCUT2D eigenvalue weighted by molar-refractivity contribution is 5.79. The van der Waals surface area contributed by atoms with E-state index >= 15 is 0 Å². The second kappa shape index (κ2) is 7.59. The predicted molar refractivity (Wildman–Crippen MR) is 97.4 cm³/mol. The van der Waals surface area contributed by atoms with E-state index in [1.807, 2.05) is 9.58 Å². The summed E-state index contributed by atoms with van der Waals surface area (Å²) in [6.45, 7) is 3.14. The molecule has 0 spiro atoms. The van der Waals surface area contributed by atoms with Crippen molar-refractivity contribution in [3.8, 4) is 6.07 Å². The second-order valence-corrected chi connectivity index (χ2v) is 7.87. The van der Waals surface area contributed by atoms with E-state index in [-0.39, 0.29) is 17.9 Å². The molecular formula is C19H26N6O2. The summed E-state index contributed by atoms with van der Waals surface area (Å²) in [4.78, 5) is 28.7. The van der Waals surface area contributed by atoms with E-state index in [1.165, 1.54) is 12.8 Å². The van der Waals surface area contributed by atoms with Gasteiger partial charge < -0.3 is 15.1 Å². The quantitative estimate of drug-likeness (QED) is 0.871. The van der Waals surface area contributed by atoms with Crippen molar-refractivity contribution in [2.45, 2.75) is 57.7 Å². The second-order valence-electron chi connectivity index (χ2n) is 7.87. The fourth-order valence-corrected chi connectivity index (χ4v) is 4.55. The summed E-state index contributed by atoms with van der Waals surface area (Å²) in [7, 11) is 0. The lowest BCUT2D eigenvalue weighted by Crippen LogP contribution is -2.42. The summed E-state index contributed by atoms with van der Waals surface area (Å²) in [5, 5.41) is 16.3. The third-order valence-corrected chi connectivity index (χ3v) is 5.96. The molecule has 8 heteroatoms. The standard InChI is InChI=1S/C19H26N6O2/c20-10-15-9-17-13-23(6-3-7-25(17)22-15)19(27)21-11-14-8-18(26)24(12-14)16-4-1-2-5-16/h9,14,16H,1-8,11-13H2,(H,21,27)/t14-/m1/s1. The highest BCUT2D eigenvalue weighted by Crippen LogP contribution is 2.29. The maximum Gasteiger partial charge on any atom is 0.317 e. The molecule has 0 unspecified atom stereocenters. The van der Waals surface area contributed by atoms with Crippen LogP contribution >= 0.6 is 0 Å². The third-order valence-electron chi connectivity index (χ3n) is 5.96. The smallest absolute Gasteiger partial charge is 0.317 e. The van der Waals surface area contributed by atoms with Crippen molar-refractivity contribution in [1.82, 2.24) is 24.9 Å². The molecule has 0 bridgehead atoms. The first-order valence-electron chi connectivity index (χ1n) is 9.93. The first-order valence-corrected chi connectivity index (χ1v) is 9.93. The number of nitrogens with zero attached hydrogens (tertiary/aromatic N) is 5. The molecule has 3 aliphatic rings. The van der Waals surface area contributed by atoms with E-state index in [2.05, 4.69) is 16.5 Å². The summed E-state index contributed by atoms with van der Waals surface area (Å²) >= 11 is 0. The van der Waals surface area contributed by atoms with Crippen LogP contribution in [-0.4, -0.2) is 57.2 Å². The Kier molecular flexibility index (Phi) is 5.01. The molecule has 3 heterocycles. The van der Waals surface area contributed by atoms with Crippen LogP contribution in [0.5, 0.6) is 0 Å². The van der Waals surface area contributed by atoms with E-state index in [9.17, 15) is 9.59 Å². The lowest BCUT2D eigenvalue weighted by Gasteiger charge is -2.24. The van der Waals surface area contributed by atoms with Crippen molar-refractivity contribution in [3.63, 3.8) is 0 Å². The van der Waals surface area contributed by atoms with Gasteiger partial charge in [0.05, 0.1) is 12.2 Å². The number of hydrogen-bond donors (Lipinski definition) is 1. The highest BCUT2D eigenvalue weighted by Gasteiger charge is 2.35. The largest absolute Gasteiger partial charge is 0.339 e. The predicted octanol–water partition coefficient (Wildman–Crippen LogP) is 1.46. The fourth-order valence-electron chi connectivity index (χ4n) is 4.55. The molecule has 1 atom stereocenters. The minimum Gasteiger partial charge on any atom is -0.339 e. The van der Waals surface area contributed by atoms with Crippen LogP contribution in [0.4, 0.5) is 4.79 Å². The Morgan fingerprint density at radius 1 is 1.30 bits per heavy atom. The molecule has 0 aromatic carbocycles. The molecule has 1 N–H and O–H groups in total. The molecule has 27 heavy (non-hydrogen) atoms. The molecule has 8 nitrogen and oxygen atoms in total. The molecule has 2 fully saturated rings. The first kappa shape index (κ1) is 17.8. The highest BCUT2D eigenvalue weighted by atomic mass is 16.2. The molecule has 2 aliphatic heterocycles. The Balaban J connectivity index is 1.30. The number of carbonyl (C=O) groups excluding carboxylic acids is 2. The maximum atomic E-state index is 12.6. The third kappa shape index (κ3) is 3.77. The lowest BCUT2D eigenvalue weighted by molar-refractivity contribution is -0.129. The van der Waals surface area contributed by atoms with Crippen LogP contribution in [0, 0.1) is 17.2 Å². The van der Waals surface area contributed by atoms with Crippen LogP contribution in [0.15, 0.2) is 6.07 Å². The number of nitriles is 1. The van der Waals surface area contributed by atoms with Gasteiger partial charge in [0, 0.05) is 44.6 Å². The van der Waals surface area contributed by atoms with Gasteiger partial charge in [0.2, 0.25) is 5.91 Å². The van der Waals surface area contributed by atoms with Crippen LogP contribution in [0.2, 0.25) is 0 Å². The Morgan fingerprint density at radius 2 is 2.11 bits per heavy atom. The molecule has 3 amide bonds. The van der Waals surface area contributed by atoms with Gasteiger partial charge in [0.1, 0.15) is 6.07 Å². The zero-order valence-corrected chi connectivity index (χ0v) is 15.6. The van der Waals surface area contributed by atoms with Gasteiger partial charge in [-0.25, -0.2) is 4.79 Å². The average Bonchev–Trinajstić information content (AvgIpc) is 3.37.